The average molecular weight is 365 g/mol. The van der Waals surface area contributed by atoms with Gasteiger partial charge in [-0.05, 0) is 32.0 Å². The molecule has 0 amide bonds. The molecule has 0 aliphatic carbocycles. The molecule has 0 bridgehead atoms. The zero-order chi connectivity index (χ0) is 16.2. The molecule has 0 aliphatic heterocycles. The molecule has 0 aliphatic rings. The van der Waals surface area contributed by atoms with Crippen LogP contribution in [0.4, 0.5) is 0 Å². The van der Waals surface area contributed by atoms with Gasteiger partial charge in [0.2, 0.25) is 11.8 Å². The molecule has 0 fully saturated rings. The molecule has 9 heteroatoms. The number of benzene rings is 1. The minimum Gasteiger partial charge on any atom is -0.420 e. The maximum absolute atomic E-state index is 12.4. The molecule has 22 heavy (non-hydrogen) atoms. The van der Waals surface area contributed by atoms with Crippen LogP contribution >= 0.6 is 30.8 Å². The lowest BCUT2D eigenvalue weighted by atomic mass is 10.2. The fourth-order valence-electron chi connectivity index (χ4n) is 1.78. The van der Waals surface area contributed by atoms with Gasteiger partial charge in [-0.15, -0.1) is 10.2 Å². The normalized spacial score (nSPS) is 11.8. The summed E-state index contributed by atoms with van der Waals surface area (Å²) in [4.78, 5) is 0. The van der Waals surface area contributed by atoms with Crippen molar-refractivity contribution in [2.45, 2.75) is 20.0 Å². The molecule has 2 rings (SSSR count). The Balaban J connectivity index is 2.22. The molecule has 120 valence electrons. The van der Waals surface area contributed by atoms with Gasteiger partial charge in [0.25, 0.3) is 0 Å². The van der Waals surface area contributed by atoms with Crippen molar-refractivity contribution in [1.29, 1.82) is 0 Å². The Hall–Kier alpha value is -0.910. The fraction of sp³-hybridized carbons (Fsp3) is 0.385. The minimum absolute atomic E-state index is 0.0904. The summed E-state index contributed by atoms with van der Waals surface area (Å²) in [6.45, 7) is 4.00. The van der Waals surface area contributed by atoms with E-state index in [1.165, 1.54) is 0 Å². The quantitative estimate of drug-likeness (QED) is 0.656. The largest absolute Gasteiger partial charge is 0.420 e. The molecular weight excluding hydrogens is 350 g/mol. The lowest BCUT2D eigenvalue weighted by Crippen LogP contribution is -1.99. The zero-order valence-electron chi connectivity index (χ0n) is 12.1. The molecule has 0 spiro atoms. The predicted octanol–water partition coefficient (Wildman–Crippen LogP) is 4.81. The Labute approximate surface area is 138 Å². The van der Waals surface area contributed by atoms with Gasteiger partial charge < -0.3 is 13.5 Å². The molecule has 0 N–H and O–H groups in total. The molecule has 6 nitrogen and oxygen atoms in total. The van der Waals surface area contributed by atoms with Crippen LogP contribution in [0.5, 0.6) is 0 Å². The van der Waals surface area contributed by atoms with Gasteiger partial charge in [0.1, 0.15) is 6.16 Å². The summed E-state index contributed by atoms with van der Waals surface area (Å²) in [6.07, 6.45) is -0.0904. The van der Waals surface area contributed by atoms with Crippen molar-refractivity contribution in [2.24, 2.45) is 0 Å². The molecule has 1 heterocycles. The second-order valence-corrected chi connectivity index (χ2v) is 7.13. The van der Waals surface area contributed by atoms with Crippen LogP contribution in [0.3, 0.4) is 0 Å². The van der Waals surface area contributed by atoms with Gasteiger partial charge in [0, 0.05) is 5.02 Å². The van der Waals surface area contributed by atoms with Crippen molar-refractivity contribution in [2.75, 3.05) is 13.2 Å². The van der Waals surface area contributed by atoms with E-state index in [1.54, 1.807) is 32.0 Å². The first-order valence-corrected chi connectivity index (χ1v) is 9.11. The average Bonchev–Trinajstić information content (AvgIpc) is 2.86. The van der Waals surface area contributed by atoms with Crippen LogP contribution in [0.1, 0.15) is 19.7 Å². The van der Waals surface area contributed by atoms with Crippen molar-refractivity contribution in [3.8, 4) is 11.5 Å². The second kappa shape index (κ2) is 7.57. The number of aromatic nitrogens is 2. The van der Waals surface area contributed by atoms with Crippen LogP contribution in [-0.2, 0) is 19.8 Å². The van der Waals surface area contributed by atoms with Crippen molar-refractivity contribution >= 4 is 30.8 Å². The lowest BCUT2D eigenvalue weighted by Gasteiger charge is -2.14. The molecule has 0 unspecified atom stereocenters. The smallest absolute Gasteiger partial charge is 0.339 e. The van der Waals surface area contributed by atoms with Crippen LogP contribution in [0, 0.1) is 0 Å². The van der Waals surface area contributed by atoms with E-state index in [9.17, 15) is 4.57 Å². The van der Waals surface area contributed by atoms with E-state index in [0.29, 0.717) is 15.6 Å². The van der Waals surface area contributed by atoms with Gasteiger partial charge in [-0.1, -0.05) is 23.2 Å². The van der Waals surface area contributed by atoms with Gasteiger partial charge >= 0.3 is 7.60 Å². The summed E-state index contributed by atoms with van der Waals surface area (Å²) in [7, 11) is -3.29. The Kier molecular flexibility index (Phi) is 6.01. The molecule has 0 saturated heterocycles. The number of rotatable bonds is 7. The van der Waals surface area contributed by atoms with Crippen LogP contribution in [0.15, 0.2) is 22.6 Å². The van der Waals surface area contributed by atoms with E-state index >= 15 is 0 Å². The van der Waals surface area contributed by atoms with E-state index in [-0.39, 0.29) is 31.2 Å². The number of nitrogens with zero attached hydrogens (tertiary/aromatic N) is 2. The third kappa shape index (κ3) is 4.31. The van der Waals surface area contributed by atoms with E-state index in [1.807, 2.05) is 0 Å². The van der Waals surface area contributed by atoms with Gasteiger partial charge in [0.05, 0.1) is 23.8 Å². The Bertz CT molecular complexity index is 682. The Morgan fingerprint density at radius 1 is 1.18 bits per heavy atom. The molecule has 0 radical (unpaired) electrons. The standard InChI is InChI=1S/C13H15Cl2N2O4P/c1-3-19-22(18,20-4-2)8-12-16-17-13(21-12)10-6-5-9(14)7-11(10)15/h5-7H,3-4,8H2,1-2H3. The predicted molar refractivity (Wildman–Crippen MR) is 84.3 cm³/mol. The summed E-state index contributed by atoms with van der Waals surface area (Å²) in [5.74, 6) is 0.377. The SMILES string of the molecule is CCOP(=O)(Cc1nnc(-c2ccc(Cl)cc2Cl)o1)OCC. The summed E-state index contributed by atoms with van der Waals surface area (Å²) < 4.78 is 28.3. The van der Waals surface area contributed by atoms with E-state index in [4.69, 9.17) is 36.7 Å². The third-order valence-corrected chi connectivity index (χ3v) is 5.12. The molecular formula is C13H15Cl2N2O4P. The molecule has 0 saturated carbocycles. The molecule has 1 aromatic carbocycles. The highest BCUT2D eigenvalue weighted by Crippen LogP contribution is 2.51. The summed E-state index contributed by atoms with van der Waals surface area (Å²) in [5, 5.41) is 8.66. The number of hydrogen-bond acceptors (Lipinski definition) is 6. The van der Waals surface area contributed by atoms with E-state index in [2.05, 4.69) is 10.2 Å². The first-order valence-electron chi connectivity index (χ1n) is 6.63. The maximum Gasteiger partial charge on any atom is 0.339 e. The van der Waals surface area contributed by atoms with Crippen molar-refractivity contribution in [3.63, 3.8) is 0 Å². The minimum atomic E-state index is -3.29. The maximum atomic E-state index is 12.4. The topological polar surface area (TPSA) is 74.5 Å². The number of halogens is 2. The van der Waals surface area contributed by atoms with Gasteiger partial charge in [-0.2, -0.15) is 0 Å². The Morgan fingerprint density at radius 2 is 1.86 bits per heavy atom. The van der Waals surface area contributed by atoms with Gasteiger partial charge in [0.15, 0.2) is 0 Å². The van der Waals surface area contributed by atoms with Crippen LogP contribution in [0.2, 0.25) is 10.0 Å². The first-order chi connectivity index (χ1) is 10.5. The lowest BCUT2D eigenvalue weighted by molar-refractivity contribution is 0.217. The zero-order valence-corrected chi connectivity index (χ0v) is 14.5. The highest BCUT2D eigenvalue weighted by Gasteiger charge is 2.27. The highest BCUT2D eigenvalue weighted by molar-refractivity contribution is 7.52. The molecule has 0 atom stereocenters. The third-order valence-electron chi connectivity index (χ3n) is 2.61. The second-order valence-electron chi connectivity index (χ2n) is 4.23. The Morgan fingerprint density at radius 3 is 2.45 bits per heavy atom. The van der Waals surface area contributed by atoms with E-state index < -0.39 is 7.60 Å². The van der Waals surface area contributed by atoms with E-state index in [0.717, 1.165) is 0 Å². The van der Waals surface area contributed by atoms with Crippen LogP contribution < -0.4 is 0 Å². The molecule has 2 aromatic rings. The van der Waals surface area contributed by atoms with Crippen molar-refractivity contribution in [1.82, 2.24) is 10.2 Å². The summed E-state index contributed by atoms with van der Waals surface area (Å²) in [6, 6.07) is 4.91. The first kappa shape index (κ1) is 17.4. The van der Waals surface area contributed by atoms with Crippen molar-refractivity contribution in [3.05, 3.63) is 34.1 Å². The van der Waals surface area contributed by atoms with Crippen LogP contribution in [-0.4, -0.2) is 23.4 Å². The summed E-state index contributed by atoms with van der Waals surface area (Å²) in [5.41, 5.74) is 0.549. The van der Waals surface area contributed by atoms with Gasteiger partial charge in [-0.3, -0.25) is 4.57 Å². The van der Waals surface area contributed by atoms with Crippen LogP contribution in [0.25, 0.3) is 11.5 Å². The highest BCUT2D eigenvalue weighted by atomic mass is 35.5. The fourth-order valence-corrected chi connectivity index (χ4v) is 3.77. The van der Waals surface area contributed by atoms with Gasteiger partial charge in [-0.25, -0.2) is 0 Å². The number of hydrogen-bond donors (Lipinski definition) is 0. The van der Waals surface area contributed by atoms with Crippen molar-refractivity contribution < 1.29 is 18.0 Å². The summed E-state index contributed by atoms with van der Waals surface area (Å²) >= 11 is 11.9. The molecule has 1 aromatic heterocycles. The monoisotopic (exact) mass is 364 g/mol.